The van der Waals surface area contributed by atoms with E-state index in [-0.39, 0.29) is 18.4 Å². The molecule has 90 valence electrons. The highest BCUT2D eigenvalue weighted by molar-refractivity contribution is 7.87. The Morgan fingerprint density at radius 1 is 1.20 bits per heavy atom. The molecule has 2 aliphatic heterocycles. The molecule has 2 fully saturated rings. The summed E-state index contributed by atoms with van der Waals surface area (Å²) in [4.78, 5) is 0. The van der Waals surface area contributed by atoms with Gasteiger partial charge >= 0.3 is 0 Å². The number of nitrogens with zero attached hydrogens (tertiary/aromatic N) is 1. The third kappa shape index (κ3) is 3.04. The molecule has 7 heteroatoms. The van der Waals surface area contributed by atoms with Crippen LogP contribution in [0.2, 0.25) is 0 Å². The van der Waals surface area contributed by atoms with Crippen LogP contribution in [0.15, 0.2) is 0 Å². The molecule has 2 heterocycles. The molecular weight excluding hydrogens is 238 g/mol. The summed E-state index contributed by atoms with van der Waals surface area (Å²) in [5, 5.41) is 3.24. The van der Waals surface area contributed by atoms with Crippen molar-refractivity contribution >= 4 is 22.6 Å². The van der Waals surface area contributed by atoms with E-state index in [0.717, 1.165) is 32.4 Å². The number of hydrogen-bond acceptors (Lipinski definition) is 3. The van der Waals surface area contributed by atoms with Gasteiger partial charge in [0, 0.05) is 25.7 Å². The first kappa shape index (κ1) is 13.2. The number of halogens is 1. The van der Waals surface area contributed by atoms with Crippen molar-refractivity contribution in [1.82, 2.24) is 14.3 Å². The van der Waals surface area contributed by atoms with Crippen molar-refractivity contribution in [1.29, 1.82) is 0 Å². The second-order valence-electron chi connectivity index (χ2n) is 3.86. The van der Waals surface area contributed by atoms with Crippen molar-refractivity contribution in [2.24, 2.45) is 0 Å². The summed E-state index contributed by atoms with van der Waals surface area (Å²) in [7, 11) is -3.18. The lowest BCUT2D eigenvalue weighted by molar-refractivity contribution is 0.251. The number of hydrogen-bond donors (Lipinski definition) is 2. The van der Waals surface area contributed by atoms with Gasteiger partial charge in [-0.15, -0.1) is 12.4 Å². The first-order valence-corrected chi connectivity index (χ1v) is 6.61. The van der Waals surface area contributed by atoms with E-state index >= 15 is 0 Å². The molecule has 1 atom stereocenters. The van der Waals surface area contributed by atoms with Gasteiger partial charge in [0.25, 0.3) is 10.2 Å². The number of nitrogens with one attached hydrogen (secondary N) is 2. The Kier molecular flexibility index (Phi) is 4.79. The Balaban J connectivity index is 0.00000112. The summed E-state index contributed by atoms with van der Waals surface area (Å²) in [6.45, 7) is 3.05. The highest BCUT2D eigenvalue weighted by Crippen LogP contribution is 2.16. The maximum Gasteiger partial charge on any atom is 0.279 e. The molecule has 15 heavy (non-hydrogen) atoms. The van der Waals surface area contributed by atoms with Crippen LogP contribution in [-0.4, -0.2) is 44.9 Å². The Morgan fingerprint density at radius 3 is 2.60 bits per heavy atom. The number of piperidine rings is 1. The van der Waals surface area contributed by atoms with Gasteiger partial charge in [0.2, 0.25) is 0 Å². The van der Waals surface area contributed by atoms with E-state index in [0.29, 0.717) is 13.1 Å². The monoisotopic (exact) mass is 255 g/mol. The SMILES string of the molecule is Cl.O=S1(=O)NCCCN1[C@H]1CCCNC1. The second kappa shape index (κ2) is 5.45. The lowest BCUT2D eigenvalue weighted by Gasteiger charge is -2.36. The van der Waals surface area contributed by atoms with Crippen LogP contribution in [-0.2, 0) is 10.2 Å². The van der Waals surface area contributed by atoms with Gasteiger partial charge in [0.15, 0.2) is 0 Å². The molecule has 0 amide bonds. The smallest absolute Gasteiger partial charge is 0.279 e. The predicted molar refractivity (Wildman–Crippen MR) is 61.4 cm³/mol. The normalized spacial score (nSPS) is 31.9. The Hall–Kier alpha value is 0.120. The molecule has 0 bridgehead atoms. The molecule has 2 aliphatic rings. The summed E-state index contributed by atoms with van der Waals surface area (Å²) in [6, 6.07) is 0.154. The lowest BCUT2D eigenvalue weighted by Crippen LogP contribution is -2.55. The van der Waals surface area contributed by atoms with Crippen LogP contribution in [0.5, 0.6) is 0 Å². The largest absolute Gasteiger partial charge is 0.315 e. The zero-order valence-electron chi connectivity index (χ0n) is 8.61. The van der Waals surface area contributed by atoms with Crippen molar-refractivity contribution < 1.29 is 8.42 Å². The average Bonchev–Trinajstić information content (AvgIpc) is 2.18. The first-order valence-electron chi connectivity index (χ1n) is 5.17. The van der Waals surface area contributed by atoms with Crippen molar-refractivity contribution in [3.8, 4) is 0 Å². The molecule has 0 radical (unpaired) electrons. The molecule has 2 saturated heterocycles. The van der Waals surface area contributed by atoms with Gasteiger partial charge in [-0.05, 0) is 25.8 Å². The van der Waals surface area contributed by atoms with Crippen molar-refractivity contribution in [2.75, 3.05) is 26.2 Å². The van der Waals surface area contributed by atoms with E-state index < -0.39 is 10.2 Å². The van der Waals surface area contributed by atoms with E-state index in [9.17, 15) is 8.42 Å². The highest BCUT2D eigenvalue weighted by Gasteiger charge is 2.32. The molecule has 0 aromatic rings. The second-order valence-corrected chi connectivity index (χ2v) is 5.57. The average molecular weight is 256 g/mol. The zero-order valence-corrected chi connectivity index (χ0v) is 10.2. The molecule has 0 spiro atoms. The van der Waals surface area contributed by atoms with Gasteiger partial charge in [-0.25, -0.2) is 4.72 Å². The minimum absolute atomic E-state index is 0. The van der Waals surface area contributed by atoms with E-state index in [1.54, 1.807) is 4.31 Å². The molecule has 0 unspecified atom stereocenters. The maximum absolute atomic E-state index is 11.7. The van der Waals surface area contributed by atoms with Crippen molar-refractivity contribution in [3.05, 3.63) is 0 Å². The van der Waals surface area contributed by atoms with Crippen LogP contribution >= 0.6 is 12.4 Å². The fourth-order valence-corrected chi connectivity index (χ4v) is 3.61. The molecule has 2 N–H and O–H groups in total. The van der Waals surface area contributed by atoms with Gasteiger partial charge < -0.3 is 5.32 Å². The topological polar surface area (TPSA) is 61.4 Å². The summed E-state index contributed by atoms with van der Waals surface area (Å²) < 4.78 is 27.5. The Bertz CT molecular complexity index is 290. The van der Waals surface area contributed by atoms with Crippen LogP contribution in [0.4, 0.5) is 0 Å². The standard InChI is InChI=1S/C8H17N3O2S.ClH/c12-14(13)10-5-2-6-11(14)8-3-1-4-9-7-8;/h8-10H,1-7H2;1H/t8-;/m0./s1. The van der Waals surface area contributed by atoms with Gasteiger partial charge in [-0.3, -0.25) is 0 Å². The Morgan fingerprint density at radius 2 is 2.00 bits per heavy atom. The third-order valence-electron chi connectivity index (χ3n) is 2.83. The van der Waals surface area contributed by atoms with Gasteiger partial charge in [0.1, 0.15) is 0 Å². The van der Waals surface area contributed by atoms with Gasteiger partial charge in [-0.1, -0.05) is 0 Å². The minimum Gasteiger partial charge on any atom is -0.315 e. The minimum atomic E-state index is -3.18. The third-order valence-corrected chi connectivity index (χ3v) is 4.49. The molecule has 0 aromatic carbocycles. The van der Waals surface area contributed by atoms with E-state index in [2.05, 4.69) is 10.0 Å². The fourth-order valence-electron chi connectivity index (χ4n) is 2.10. The summed E-state index contributed by atoms with van der Waals surface area (Å²) in [6.07, 6.45) is 2.96. The fraction of sp³-hybridized carbons (Fsp3) is 1.00. The summed E-state index contributed by atoms with van der Waals surface area (Å²) in [5.41, 5.74) is 0. The zero-order chi connectivity index (χ0) is 10.0. The van der Waals surface area contributed by atoms with Gasteiger partial charge in [0.05, 0.1) is 0 Å². The molecule has 0 saturated carbocycles. The molecule has 5 nitrogen and oxygen atoms in total. The lowest BCUT2D eigenvalue weighted by atomic mass is 10.1. The van der Waals surface area contributed by atoms with Crippen molar-refractivity contribution in [2.45, 2.75) is 25.3 Å². The molecule has 0 aliphatic carbocycles. The number of rotatable bonds is 1. The van der Waals surface area contributed by atoms with Crippen molar-refractivity contribution in [3.63, 3.8) is 0 Å². The van der Waals surface area contributed by atoms with Gasteiger partial charge in [-0.2, -0.15) is 12.7 Å². The summed E-state index contributed by atoms with van der Waals surface area (Å²) >= 11 is 0. The molecule has 2 rings (SSSR count). The first-order chi connectivity index (χ1) is 6.70. The van der Waals surface area contributed by atoms with Crippen LogP contribution < -0.4 is 10.0 Å². The quantitative estimate of drug-likeness (QED) is 0.676. The van der Waals surface area contributed by atoms with E-state index in [4.69, 9.17) is 0 Å². The van der Waals surface area contributed by atoms with Crippen LogP contribution in [0.1, 0.15) is 19.3 Å². The predicted octanol–water partition coefficient (Wildman–Crippen LogP) is -0.300. The van der Waals surface area contributed by atoms with Crippen LogP contribution in [0.3, 0.4) is 0 Å². The highest BCUT2D eigenvalue weighted by atomic mass is 35.5. The molecular formula is C8H18ClN3O2S. The van der Waals surface area contributed by atoms with Crippen LogP contribution in [0, 0.1) is 0 Å². The molecule has 0 aromatic heterocycles. The van der Waals surface area contributed by atoms with E-state index in [1.807, 2.05) is 0 Å². The van der Waals surface area contributed by atoms with E-state index in [1.165, 1.54) is 0 Å². The maximum atomic E-state index is 11.7. The van der Waals surface area contributed by atoms with Crippen LogP contribution in [0.25, 0.3) is 0 Å². The summed E-state index contributed by atoms with van der Waals surface area (Å²) in [5.74, 6) is 0. The Labute approximate surface area is 97.2 Å².